The van der Waals surface area contributed by atoms with E-state index >= 15 is 0 Å². The molecule has 1 aliphatic rings. The van der Waals surface area contributed by atoms with Crippen LogP contribution in [0.3, 0.4) is 0 Å². The molecule has 29 heavy (non-hydrogen) atoms. The lowest BCUT2D eigenvalue weighted by molar-refractivity contribution is 0.0905. The average molecular weight is 413 g/mol. The molecule has 1 N–H and O–H groups in total. The highest BCUT2D eigenvalue weighted by Crippen LogP contribution is 2.23. The Labute approximate surface area is 180 Å². The number of rotatable bonds is 6. The van der Waals surface area contributed by atoms with E-state index in [2.05, 4.69) is 55.3 Å². The van der Waals surface area contributed by atoms with Crippen LogP contribution in [-0.2, 0) is 16.7 Å². The van der Waals surface area contributed by atoms with Crippen LogP contribution in [0.1, 0.15) is 44.7 Å². The third-order valence-corrected chi connectivity index (χ3v) is 5.61. The Balaban J connectivity index is 1.73. The predicted molar refractivity (Wildman–Crippen MR) is 124 cm³/mol. The molecule has 1 saturated heterocycles. The third-order valence-electron chi connectivity index (χ3n) is 5.25. The molecule has 0 aliphatic carbocycles. The molecule has 0 amide bonds. The molecule has 3 rings (SSSR count). The molecule has 1 unspecified atom stereocenters. The van der Waals surface area contributed by atoms with Crippen molar-refractivity contribution in [1.82, 2.24) is 4.90 Å². The maximum absolute atomic E-state index is 5.87. The van der Waals surface area contributed by atoms with Gasteiger partial charge in [-0.05, 0) is 53.7 Å². The number of anilines is 1. The average Bonchev–Trinajstić information content (AvgIpc) is 3.20. The molecular formula is C24H32N2O2S. The fourth-order valence-corrected chi connectivity index (χ4v) is 3.74. The topological polar surface area (TPSA) is 33.7 Å². The molecule has 0 aromatic heterocycles. The van der Waals surface area contributed by atoms with Crippen LogP contribution >= 0.6 is 12.2 Å². The summed E-state index contributed by atoms with van der Waals surface area (Å²) in [6, 6.07) is 16.7. The molecular weight excluding hydrogens is 380 g/mol. The number of nitrogens with one attached hydrogen (secondary N) is 1. The first-order valence-corrected chi connectivity index (χ1v) is 10.7. The van der Waals surface area contributed by atoms with Gasteiger partial charge in [-0.25, -0.2) is 0 Å². The van der Waals surface area contributed by atoms with Gasteiger partial charge in [-0.15, -0.1) is 0 Å². The van der Waals surface area contributed by atoms with Crippen molar-refractivity contribution in [3.63, 3.8) is 0 Å². The summed E-state index contributed by atoms with van der Waals surface area (Å²) in [5, 5.41) is 4.07. The van der Waals surface area contributed by atoms with Crippen LogP contribution in [0, 0.1) is 0 Å². The molecule has 0 radical (unpaired) electrons. The van der Waals surface area contributed by atoms with E-state index in [0.717, 1.165) is 44.0 Å². The van der Waals surface area contributed by atoms with Crippen LogP contribution in [0.2, 0.25) is 0 Å². The van der Waals surface area contributed by atoms with E-state index in [0.29, 0.717) is 5.11 Å². The fraction of sp³-hybridized carbons (Fsp3) is 0.458. The zero-order valence-electron chi connectivity index (χ0n) is 17.9. The first-order chi connectivity index (χ1) is 13.8. The van der Waals surface area contributed by atoms with Gasteiger partial charge in [0, 0.05) is 31.5 Å². The van der Waals surface area contributed by atoms with Crippen molar-refractivity contribution in [2.45, 2.75) is 51.7 Å². The van der Waals surface area contributed by atoms with Gasteiger partial charge >= 0.3 is 0 Å². The lowest BCUT2D eigenvalue weighted by Crippen LogP contribution is -2.39. The molecule has 156 valence electrons. The van der Waals surface area contributed by atoms with Crippen LogP contribution in [0.4, 0.5) is 5.69 Å². The van der Waals surface area contributed by atoms with E-state index in [1.165, 1.54) is 11.1 Å². The number of hydrogen-bond acceptors (Lipinski definition) is 3. The molecule has 1 atom stereocenters. The number of hydrogen-bond donors (Lipinski definition) is 1. The monoisotopic (exact) mass is 412 g/mol. The van der Waals surface area contributed by atoms with Crippen LogP contribution < -0.4 is 10.1 Å². The second kappa shape index (κ2) is 9.59. The standard InChI is InChI=1S/C24H32N2O2S/c1-24(2,3)19-12-10-18(11-13-19)16-26(17-22-9-6-14-28-22)23(29)25-20-7-5-8-21(15-20)27-4/h5,7-8,10-13,15,22H,6,9,14,16-17H2,1-4H3,(H,25,29). The molecule has 1 aliphatic heterocycles. The SMILES string of the molecule is COc1cccc(NC(=S)N(Cc2ccc(C(C)(C)C)cc2)CC2CCCO2)c1. The van der Waals surface area contributed by atoms with Crippen molar-refractivity contribution in [2.24, 2.45) is 0 Å². The predicted octanol–water partition coefficient (Wildman–Crippen LogP) is 5.37. The second-order valence-corrected chi connectivity index (χ2v) is 9.01. The van der Waals surface area contributed by atoms with E-state index in [9.17, 15) is 0 Å². The first kappa shape index (κ1) is 21.6. The minimum absolute atomic E-state index is 0.152. The minimum atomic E-state index is 0.152. The molecule has 2 aromatic rings. The number of methoxy groups -OCH3 is 1. The van der Waals surface area contributed by atoms with Gasteiger partial charge in [0.25, 0.3) is 0 Å². The van der Waals surface area contributed by atoms with Gasteiger partial charge in [0.1, 0.15) is 5.75 Å². The number of benzene rings is 2. The summed E-state index contributed by atoms with van der Waals surface area (Å²) in [5.41, 5.74) is 3.66. The third kappa shape index (κ3) is 6.18. The molecule has 0 bridgehead atoms. The lowest BCUT2D eigenvalue weighted by atomic mass is 9.87. The van der Waals surface area contributed by atoms with Gasteiger partial charge < -0.3 is 19.7 Å². The summed E-state index contributed by atoms with van der Waals surface area (Å²) in [5.74, 6) is 0.807. The highest BCUT2D eigenvalue weighted by Gasteiger charge is 2.22. The van der Waals surface area contributed by atoms with E-state index in [1.807, 2.05) is 24.3 Å². The zero-order chi connectivity index (χ0) is 20.9. The highest BCUT2D eigenvalue weighted by molar-refractivity contribution is 7.80. The normalized spacial score (nSPS) is 16.5. The van der Waals surface area contributed by atoms with E-state index in [4.69, 9.17) is 21.7 Å². The van der Waals surface area contributed by atoms with Gasteiger partial charge in [0.15, 0.2) is 5.11 Å². The molecule has 4 nitrogen and oxygen atoms in total. The van der Waals surface area contributed by atoms with Gasteiger partial charge in [0.05, 0.1) is 13.2 Å². The Morgan fingerprint density at radius 1 is 1.21 bits per heavy atom. The van der Waals surface area contributed by atoms with Gasteiger partial charge in [-0.1, -0.05) is 51.1 Å². The molecule has 2 aromatic carbocycles. The van der Waals surface area contributed by atoms with Crippen molar-refractivity contribution in [3.05, 3.63) is 59.7 Å². The molecule has 0 saturated carbocycles. The van der Waals surface area contributed by atoms with Crippen molar-refractivity contribution < 1.29 is 9.47 Å². The Morgan fingerprint density at radius 3 is 2.59 bits per heavy atom. The molecule has 5 heteroatoms. The summed E-state index contributed by atoms with van der Waals surface area (Å²) in [7, 11) is 1.67. The quantitative estimate of drug-likeness (QED) is 0.645. The molecule has 1 heterocycles. The molecule has 1 fully saturated rings. The van der Waals surface area contributed by atoms with Gasteiger partial charge in [-0.3, -0.25) is 0 Å². The van der Waals surface area contributed by atoms with Crippen LogP contribution in [0.5, 0.6) is 5.75 Å². The second-order valence-electron chi connectivity index (χ2n) is 8.62. The number of ether oxygens (including phenoxy) is 2. The summed E-state index contributed by atoms with van der Waals surface area (Å²) >= 11 is 5.77. The smallest absolute Gasteiger partial charge is 0.173 e. The van der Waals surface area contributed by atoms with Crippen molar-refractivity contribution in [1.29, 1.82) is 0 Å². The van der Waals surface area contributed by atoms with E-state index in [-0.39, 0.29) is 11.5 Å². The fourth-order valence-electron chi connectivity index (χ4n) is 3.49. The minimum Gasteiger partial charge on any atom is -0.497 e. The summed E-state index contributed by atoms with van der Waals surface area (Å²) in [6.45, 7) is 9.09. The highest BCUT2D eigenvalue weighted by atomic mass is 32.1. The Bertz CT molecular complexity index is 808. The lowest BCUT2D eigenvalue weighted by Gasteiger charge is -2.29. The summed E-state index contributed by atoms with van der Waals surface area (Å²) in [6.07, 6.45) is 2.43. The van der Waals surface area contributed by atoms with Crippen molar-refractivity contribution >= 4 is 23.0 Å². The summed E-state index contributed by atoms with van der Waals surface area (Å²) in [4.78, 5) is 2.21. The van der Waals surface area contributed by atoms with Gasteiger partial charge in [-0.2, -0.15) is 0 Å². The first-order valence-electron chi connectivity index (χ1n) is 10.3. The maximum atomic E-state index is 5.87. The Hall–Kier alpha value is -2.11. The van der Waals surface area contributed by atoms with Crippen LogP contribution in [0.25, 0.3) is 0 Å². The molecule has 0 spiro atoms. The zero-order valence-corrected chi connectivity index (χ0v) is 18.7. The van der Waals surface area contributed by atoms with E-state index < -0.39 is 0 Å². The van der Waals surface area contributed by atoms with Crippen molar-refractivity contribution in [3.8, 4) is 5.75 Å². The van der Waals surface area contributed by atoms with Gasteiger partial charge in [0.2, 0.25) is 0 Å². The number of thiocarbonyl (C=S) groups is 1. The van der Waals surface area contributed by atoms with Crippen molar-refractivity contribution in [2.75, 3.05) is 25.6 Å². The largest absolute Gasteiger partial charge is 0.497 e. The summed E-state index contributed by atoms with van der Waals surface area (Å²) < 4.78 is 11.2. The van der Waals surface area contributed by atoms with E-state index in [1.54, 1.807) is 7.11 Å². The van der Waals surface area contributed by atoms with Crippen LogP contribution in [-0.4, -0.2) is 36.4 Å². The maximum Gasteiger partial charge on any atom is 0.173 e. The Kier molecular flexibility index (Phi) is 7.14. The number of nitrogens with zero attached hydrogens (tertiary/aromatic N) is 1. The Morgan fingerprint density at radius 2 is 1.97 bits per heavy atom. The van der Waals surface area contributed by atoms with Crippen LogP contribution in [0.15, 0.2) is 48.5 Å².